The highest BCUT2D eigenvalue weighted by molar-refractivity contribution is 5.94. The van der Waals surface area contributed by atoms with Crippen LogP contribution >= 0.6 is 0 Å². The van der Waals surface area contributed by atoms with Gasteiger partial charge in [0.05, 0.1) is 19.1 Å². The molecule has 1 aliphatic heterocycles. The summed E-state index contributed by atoms with van der Waals surface area (Å²) in [7, 11) is 0. The number of hydrogen-bond donors (Lipinski definition) is 2. The van der Waals surface area contributed by atoms with E-state index in [1.54, 1.807) is 0 Å². The van der Waals surface area contributed by atoms with Crippen LogP contribution in [0, 0.1) is 11.3 Å². The fourth-order valence-electron chi connectivity index (χ4n) is 3.81. The molecule has 2 N–H and O–H groups in total. The summed E-state index contributed by atoms with van der Waals surface area (Å²) >= 11 is 0. The maximum atomic E-state index is 12.5. The number of nitriles is 1. The number of aryl methyl sites for hydroxylation is 1. The molecule has 178 valence electrons. The Morgan fingerprint density at radius 1 is 1.00 bits per heavy atom. The molecule has 0 aromatic heterocycles. The zero-order chi connectivity index (χ0) is 24.5. The molecule has 0 atom stereocenters. The van der Waals surface area contributed by atoms with Crippen molar-refractivity contribution >= 4 is 23.2 Å². The maximum Gasteiger partial charge on any atom is 0.224 e. The molecular formula is C28H27N3O4. The van der Waals surface area contributed by atoms with Gasteiger partial charge in [-0.3, -0.25) is 9.59 Å². The first-order valence-electron chi connectivity index (χ1n) is 11.6. The molecule has 0 aliphatic carbocycles. The van der Waals surface area contributed by atoms with Crippen molar-refractivity contribution in [3.8, 4) is 17.6 Å². The van der Waals surface area contributed by atoms with Crippen LogP contribution in [0.3, 0.4) is 0 Å². The van der Waals surface area contributed by atoms with E-state index in [0.29, 0.717) is 51.1 Å². The number of ether oxygens (including phenoxy) is 2. The molecule has 3 aromatic rings. The average Bonchev–Trinajstić information content (AvgIpc) is 2.87. The zero-order valence-electron chi connectivity index (χ0n) is 19.4. The highest BCUT2D eigenvalue weighted by Crippen LogP contribution is 2.27. The largest absolute Gasteiger partial charge is 0.494 e. The number of rotatable bonds is 10. The minimum atomic E-state index is -0.0879. The van der Waals surface area contributed by atoms with Gasteiger partial charge in [0.2, 0.25) is 11.8 Å². The standard InChI is InChI=1S/C28H27N3O4/c29-16-15-20-7-10-23(11-8-20)35-19-22-4-1-2-5-25(22)30-27(32)6-3-17-34-24-12-13-26-21(18-24)9-14-28(33)31-26/h1-2,4-5,7-8,10-13,18H,3,6,9,14-15,17,19H2,(H,30,32)(H,31,33). The first-order chi connectivity index (χ1) is 17.1. The molecule has 0 saturated heterocycles. The van der Waals surface area contributed by atoms with Crippen molar-refractivity contribution in [1.29, 1.82) is 5.26 Å². The molecule has 4 rings (SSSR count). The molecule has 7 nitrogen and oxygen atoms in total. The smallest absolute Gasteiger partial charge is 0.224 e. The summed E-state index contributed by atoms with van der Waals surface area (Å²) in [5.74, 6) is 1.39. The van der Waals surface area contributed by atoms with Gasteiger partial charge < -0.3 is 20.1 Å². The lowest BCUT2D eigenvalue weighted by Gasteiger charge is -2.17. The van der Waals surface area contributed by atoms with Gasteiger partial charge in [-0.2, -0.15) is 5.26 Å². The second-order valence-electron chi connectivity index (χ2n) is 8.29. The first kappa shape index (κ1) is 23.8. The molecule has 0 unspecified atom stereocenters. The van der Waals surface area contributed by atoms with E-state index in [0.717, 1.165) is 33.8 Å². The van der Waals surface area contributed by atoms with E-state index in [1.807, 2.05) is 66.7 Å². The van der Waals surface area contributed by atoms with Crippen molar-refractivity contribution in [2.24, 2.45) is 0 Å². The molecule has 0 spiro atoms. The van der Waals surface area contributed by atoms with Crippen molar-refractivity contribution < 1.29 is 19.1 Å². The third-order valence-electron chi connectivity index (χ3n) is 5.68. The lowest BCUT2D eigenvalue weighted by atomic mass is 10.0. The molecule has 7 heteroatoms. The van der Waals surface area contributed by atoms with E-state index < -0.39 is 0 Å². The number of fused-ring (bicyclic) bond motifs is 1. The topological polar surface area (TPSA) is 100 Å². The van der Waals surface area contributed by atoms with Gasteiger partial charge in [-0.15, -0.1) is 0 Å². The van der Waals surface area contributed by atoms with E-state index >= 15 is 0 Å². The number of anilines is 2. The van der Waals surface area contributed by atoms with Crippen molar-refractivity contribution in [2.75, 3.05) is 17.2 Å². The number of nitrogens with one attached hydrogen (secondary N) is 2. The van der Waals surface area contributed by atoms with Gasteiger partial charge in [0.25, 0.3) is 0 Å². The van der Waals surface area contributed by atoms with Crippen molar-refractivity contribution in [3.05, 3.63) is 83.4 Å². The van der Waals surface area contributed by atoms with Gasteiger partial charge in [0.1, 0.15) is 18.1 Å². The summed E-state index contributed by atoms with van der Waals surface area (Å²) in [5.41, 5.74) is 4.44. The number of amides is 2. The van der Waals surface area contributed by atoms with Crippen LogP contribution in [0.15, 0.2) is 66.7 Å². The predicted molar refractivity (Wildman–Crippen MR) is 133 cm³/mol. The minimum Gasteiger partial charge on any atom is -0.494 e. The quantitative estimate of drug-likeness (QED) is 0.406. The van der Waals surface area contributed by atoms with E-state index in [9.17, 15) is 9.59 Å². The molecule has 1 aliphatic rings. The molecule has 2 amide bonds. The van der Waals surface area contributed by atoms with Gasteiger partial charge in [0.15, 0.2) is 0 Å². The number of carbonyl (C=O) groups excluding carboxylic acids is 2. The van der Waals surface area contributed by atoms with Crippen molar-refractivity contribution in [3.63, 3.8) is 0 Å². The Morgan fingerprint density at radius 3 is 2.63 bits per heavy atom. The molecule has 0 fully saturated rings. The summed E-state index contributed by atoms with van der Waals surface area (Å²) in [6, 6.07) is 22.7. The Balaban J connectivity index is 1.23. The summed E-state index contributed by atoms with van der Waals surface area (Å²) in [4.78, 5) is 24.0. The highest BCUT2D eigenvalue weighted by Gasteiger charge is 2.15. The Labute approximate surface area is 204 Å². The van der Waals surface area contributed by atoms with Crippen LogP contribution in [-0.2, 0) is 29.0 Å². The van der Waals surface area contributed by atoms with Crippen LogP contribution in [0.5, 0.6) is 11.5 Å². The Morgan fingerprint density at radius 2 is 1.80 bits per heavy atom. The number of benzene rings is 3. The number of nitrogens with zero attached hydrogens (tertiary/aromatic N) is 1. The summed E-state index contributed by atoms with van der Waals surface area (Å²) in [5, 5.41) is 14.6. The van der Waals surface area contributed by atoms with Crippen LogP contribution in [-0.4, -0.2) is 18.4 Å². The van der Waals surface area contributed by atoms with Gasteiger partial charge in [-0.1, -0.05) is 30.3 Å². The number of para-hydroxylation sites is 1. The summed E-state index contributed by atoms with van der Waals surface area (Å²) in [6.07, 6.45) is 2.46. The van der Waals surface area contributed by atoms with Crippen LogP contribution in [0.4, 0.5) is 11.4 Å². The van der Waals surface area contributed by atoms with E-state index in [4.69, 9.17) is 14.7 Å². The third-order valence-corrected chi connectivity index (χ3v) is 5.68. The Hall–Kier alpha value is -4.31. The van der Waals surface area contributed by atoms with Crippen LogP contribution in [0.1, 0.15) is 36.0 Å². The molecule has 0 saturated carbocycles. The maximum absolute atomic E-state index is 12.5. The number of carbonyl (C=O) groups is 2. The molecule has 0 radical (unpaired) electrons. The van der Waals surface area contributed by atoms with Gasteiger partial charge in [0, 0.05) is 29.8 Å². The third kappa shape index (κ3) is 6.84. The fraction of sp³-hybridized carbons (Fsp3) is 0.250. The molecule has 1 heterocycles. The lowest BCUT2D eigenvalue weighted by Crippen LogP contribution is -2.18. The minimum absolute atomic E-state index is 0.0379. The second-order valence-corrected chi connectivity index (χ2v) is 8.29. The van der Waals surface area contributed by atoms with E-state index in [2.05, 4.69) is 16.7 Å². The fourth-order valence-corrected chi connectivity index (χ4v) is 3.81. The summed E-state index contributed by atoms with van der Waals surface area (Å²) in [6.45, 7) is 0.737. The van der Waals surface area contributed by atoms with E-state index in [-0.39, 0.29) is 11.8 Å². The monoisotopic (exact) mass is 469 g/mol. The molecular weight excluding hydrogens is 442 g/mol. The Kier molecular flexibility index (Phi) is 7.97. The predicted octanol–water partition coefficient (Wildman–Crippen LogP) is 5.01. The SMILES string of the molecule is N#CCc1ccc(OCc2ccccc2NC(=O)CCCOc2ccc3c(c2)CCC(=O)N3)cc1. The van der Waals surface area contributed by atoms with Gasteiger partial charge in [-0.25, -0.2) is 0 Å². The van der Waals surface area contributed by atoms with Gasteiger partial charge >= 0.3 is 0 Å². The molecule has 3 aromatic carbocycles. The number of hydrogen-bond acceptors (Lipinski definition) is 5. The van der Waals surface area contributed by atoms with Crippen LogP contribution in [0.2, 0.25) is 0 Å². The highest BCUT2D eigenvalue weighted by atomic mass is 16.5. The average molecular weight is 470 g/mol. The normalized spacial score (nSPS) is 12.1. The first-order valence-corrected chi connectivity index (χ1v) is 11.6. The van der Waals surface area contributed by atoms with E-state index in [1.165, 1.54) is 0 Å². The second kappa shape index (κ2) is 11.7. The van der Waals surface area contributed by atoms with Crippen LogP contribution < -0.4 is 20.1 Å². The van der Waals surface area contributed by atoms with Crippen molar-refractivity contribution in [2.45, 2.75) is 38.7 Å². The zero-order valence-corrected chi connectivity index (χ0v) is 19.4. The van der Waals surface area contributed by atoms with Crippen LogP contribution in [0.25, 0.3) is 0 Å². The summed E-state index contributed by atoms with van der Waals surface area (Å²) < 4.78 is 11.7. The lowest BCUT2D eigenvalue weighted by molar-refractivity contribution is -0.117. The van der Waals surface area contributed by atoms with Crippen molar-refractivity contribution in [1.82, 2.24) is 0 Å². The van der Waals surface area contributed by atoms with Gasteiger partial charge in [-0.05, 0) is 60.4 Å². The molecule has 35 heavy (non-hydrogen) atoms. The Bertz CT molecular complexity index is 1230. The molecule has 0 bridgehead atoms.